The number of terminal acetylenes is 1. The van der Waals surface area contributed by atoms with Gasteiger partial charge in [0, 0.05) is 5.56 Å². The maximum atomic E-state index is 5.88. The van der Waals surface area contributed by atoms with Gasteiger partial charge in [-0.3, -0.25) is 0 Å². The minimum atomic E-state index is 0.499. The molecular weight excluding hydrogens is 260 g/mol. The fourth-order valence-corrected chi connectivity index (χ4v) is 1.89. The molecule has 0 radical (unpaired) electrons. The third kappa shape index (κ3) is 4.57. The fourth-order valence-electron chi connectivity index (χ4n) is 1.89. The lowest BCUT2D eigenvalue weighted by atomic mass is 10.2. The van der Waals surface area contributed by atoms with Crippen LogP contribution in [0.25, 0.3) is 0 Å². The summed E-state index contributed by atoms with van der Waals surface area (Å²) in [7, 11) is 0. The average molecular weight is 280 g/mol. The molecule has 0 saturated carbocycles. The van der Waals surface area contributed by atoms with E-state index in [1.165, 1.54) is 0 Å². The van der Waals surface area contributed by atoms with Gasteiger partial charge in [0.25, 0.3) is 0 Å². The first kappa shape index (κ1) is 15.0. The van der Waals surface area contributed by atoms with Gasteiger partial charge in [-0.25, -0.2) is 0 Å². The van der Waals surface area contributed by atoms with Gasteiger partial charge >= 0.3 is 0 Å². The van der Waals surface area contributed by atoms with Gasteiger partial charge in [-0.15, -0.1) is 6.42 Å². The number of ether oxygens (including phenoxy) is 2. The zero-order valence-corrected chi connectivity index (χ0v) is 12.3. The van der Waals surface area contributed by atoms with Crippen LogP contribution < -0.4 is 9.47 Å². The molecule has 0 heterocycles. The maximum absolute atomic E-state index is 5.88. The Labute approximate surface area is 126 Å². The molecule has 0 N–H and O–H groups in total. The summed E-state index contributed by atoms with van der Waals surface area (Å²) < 4.78 is 11.6. The van der Waals surface area contributed by atoms with Crippen LogP contribution in [0.2, 0.25) is 0 Å². The number of hydrogen-bond acceptors (Lipinski definition) is 2. The van der Waals surface area contributed by atoms with E-state index in [2.05, 4.69) is 12.8 Å². The number of rotatable bonds is 7. The third-order valence-electron chi connectivity index (χ3n) is 3.10. The van der Waals surface area contributed by atoms with Crippen LogP contribution in [-0.4, -0.2) is 6.61 Å². The van der Waals surface area contributed by atoms with Crippen LogP contribution in [0.15, 0.2) is 48.5 Å². The molecule has 2 nitrogen and oxygen atoms in total. The lowest BCUT2D eigenvalue weighted by Gasteiger charge is -2.13. The second kappa shape index (κ2) is 8.01. The average Bonchev–Trinajstić information content (AvgIpc) is 2.55. The molecule has 2 aromatic rings. The van der Waals surface area contributed by atoms with Crippen molar-refractivity contribution in [3.8, 4) is 23.8 Å². The van der Waals surface area contributed by atoms with Crippen LogP contribution in [-0.2, 0) is 6.61 Å². The molecule has 0 saturated heterocycles. The molecule has 0 aliphatic carbocycles. The first-order valence-corrected chi connectivity index (χ1v) is 7.23. The van der Waals surface area contributed by atoms with E-state index in [4.69, 9.17) is 15.9 Å². The van der Waals surface area contributed by atoms with Gasteiger partial charge in [0.05, 0.1) is 6.61 Å². The van der Waals surface area contributed by atoms with E-state index in [-0.39, 0.29) is 0 Å². The molecule has 0 bridgehead atoms. The first-order valence-electron chi connectivity index (χ1n) is 7.23. The van der Waals surface area contributed by atoms with Crippen molar-refractivity contribution in [3.05, 3.63) is 59.7 Å². The molecule has 0 fully saturated rings. The lowest BCUT2D eigenvalue weighted by Crippen LogP contribution is -2.01. The maximum Gasteiger partial charge on any atom is 0.162 e. The zero-order valence-electron chi connectivity index (χ0n) is 12.3. The summed E-state index contributed by atoms with van der Waals surface area (Å²) in [6.07, 6.45) is 7.57. The molecule has 21 heavy (non-hydrogen) atoms. The third-order valence-corrected chi connectivity index (χ3v) is 3.10. The summed E-state index contributed by atoms with van der Waals surface area (Å²) in [6, 6.07) is 15.6. The standard InChI is InChI=1S/C19H20O2/c1-3-5-13-20-18-12-11-16(4-2)14-19(18)21-15-17-9-7-6-8-10-17/h2,6-12,14H,3,5,13,15H2,1H3. The summed E-state index contributed by atoms with van der Waals surface area (Å²) in [6.45, 7) is 3.32. The van der Waals surface area contributed by atoms with E-state index in [0.29, 0.717) is 19.0 Å². The van der Waals surface area contributed by atoms with Gasteiger partial charge in [-0.1, -0.05) is 49.6 Å². The van der Waals surface area contributed by atoms with E-state index in [0.717, 1.165) is 29.7 Å². The molecule has 0 amide bonds. The molecule has 0 aliphatic rings. The molecule has 0 aromatic heterocycles. The van der Waals surface area contributed by atoms with Crippen molar-refractivity contribution in [2.45, 2.75) is 26.4 Å². The predicted molar refractivity (Wildman–Crippen MR) is 85.6 cm³/mol. The largest absolute Gasteiger partial charge is 0.490 e. The molecule has 2 aromatic carbocycles. The van der Waals surface area contributed by atoms with Crippen LogP contribution in [0.4, 0.5) is 0 Å². The second-order valence-electron chi connectivity index (χ2n) is 4.78. The highest BCUT2D eigenvalue weighted by molar-refractivity contribution is 5.47. The van der Waals surface area contributed by atoms with Gasteiger partial charge < -0.3 is 9.47 Å². The van der Waals surface area contributed by atoms with Gasteiger partial charge in [0.15, 0.2) is 11.5 Å². The summed E-state index contributed by atoms with van der Waals surface area (Å²) in [5.74, 6) is 4.07. The first-order chi connectivity index (χ1) is 10.3. The molecule has 2 rings (SSSR count). The van der Waals surface area contributed by atoms with E-state index in [1.54, 1.807) is 0 Å². The number of hydrogen-bond donors (Lipinski definition) is 0. The van der Waals surface area contributed by atoms with Crippen LogP contribution in [0.3, 0.4) is 0 Å². The Kier molecular flexibility index (Phi) is 5.72. The van der Waals surface area contributed by atoms with Crippen LogP contribution in [0.5, 0.6) is 11.5 Å². The smallest absolute Gasteiger partial charge is 0.162 e. The van der Waals surface area contributed by atoms with Crippen molar-refractivity contribution in [1.29, 1.82) is 0 Å². The monoisotopic (exact) mass is 280 g/mol. The summed E-state index contributed by atoms with van der Waals surface area (Å²) in [4.78, 5) is 0. The van der Waals surface area contributed by atoms with Crippen LogP contribution in [0.1, 0.15) is 30.9 Å². The predicted octanol–water partition coefficient (Wildman–Crippen LogP) is 4.43. The van der Waals surface area contributed by atoms with Crippen molar-refractivity contribution in [1.82, 2.24) is 0 Å². The van der Waals surface area contributed by atoms with Crippen molar-refractivity contribution in [2.75, 3.05) is 6.61 Å². The highest BCUT2D eigenvalue weighted by Gasteiger charge is 2.06. The Balaban J connectivity index is 2.09. The summed E-state index contributed by atoms with van der Waals surface area (Å²) >= 11 is 0. The summed E-state index contributed by atoms with van der Waals surface area (Å²) in [5.41, 5.74) is 1.91. The van der Waals surface area contributed by atoms with Crippen molar-refractivity contribution < 1.29 is 9.47 Å². The molecule has 0 atom stereocenters. The minimum absolute atomic E-state index is 0.499. The minimum Gasteiger partial charge on any atom is -0.490 e. The molecule has 0 unspecified atom stereocenters. The highest BCUT2D eigenvalue weighted by Crippen LogP contribution is 2.29. The van der Waals surface area contributed by atoms with Crippen LogP contribution >= 0.6 is 0 Å². The van der Waals surface area contributed by atoms with Gasteiger partial charge in [-0.05, 0) is 30.2 Å². The van der Waals surface area contributed by atoms with Crippen molar-refractivity contribution in [3.63, 3.8) is 0 Å². The quantitative estimate of drug-likeness (QED) is 0.552. The molecular formula is C19H20O2. The molecule has 2 heteroatoms. The van der Waals surface area contributed by atoms with E-state index >= 15 is 0 Å². The van der Waals surface area contributed by atoms with Crippen molar-refractivity contribution in [2.24, 2.45) is 0 Å². The van der Waals surface area contributed by atoms with Gasteiger partial charge in [0.1, 0.15) is 6.61 Å². The zero-order chi connectivity index (χ0) is 14.9. The Bertz CT molecular complexity index is 597. The Morgan fingerprint density at radius 3 is 2.52 bits per heavy atom. The molecule has 108 valence electrons. The van der Waals surface area contributed by atoms with Crippen LogP contribution in [0, 0.1) is 12.3 Å². The Morgan fingerprint density at radius 2 is 1.81 bits per heavy atom. The van der Waals surface area contributed by atoms with E-state index in [1.807, 2.05) is 48.5 Å². The SMILES string of the molecule is C#Cc1ccc(OCCCC)c(OCc2ccccc2)c1. The Morgan fingerprint density at radius 1 is 1.00 bits per heavy atom. The van der Waals surface area contributed by atoms with Gasteiger partial charge in [-0.2, -0.15) is 0 Å². The van der Waals surface area contributed by atoms with E-state index < -0.39 is 0 Å². The fraction of sp³-hybridized carbons (Fsp3) is 0.263. The topological polar surface area (TPSA) is 18.5 Å². The lowest BCUT2D eigenvalue weighted by molar-refractivity contribution is 0.259. The Hall–Kier alpha value is -2.40. The second-order valence-corrected chi connectivity index (χ2v) is 4.78. The highest BCUT2D eigenvalue weighted by atomic mass is 16.5. The van der Waals surface area contributed by atoms with Gasteiger partial charge in [0.2, 0.25) is 0 Å². The van der Waals surface area contributed by atoms with E-state index in [9.17, 15) is 0 Å². The number of benzene rings is 2. The van der Waals surface area contributed by atoms with Crippen molar-refractivity contribution >= 4 is 0 Å². The molecule has 0 aliphatic heterocycles. The normalized spacial score (nSPS) is 9.90. The number of unbranched alkanes of at least 4 members (excludes halogenated alkanes) is 1. The summed E-state index contributed by atoms with van der Waals surface area (Å²) in [5, 5.41) is 0. The molecule has 0 spiro atoms.